The first-order valence-corrected chi connectivity index (χ1v) is 8.69. The van der Waals surface area contributed by atoms with Crippen LogP contribution in [0, 0.1) is 10.8 Å². The highest BCUT2D eigenvalue weighted by Gasteiger charge is 2.21. The molecule has 0 aromatic heterocycles. The van der Waals surface area contributed by atoms with Gasteiger partial charge in [-0.15, -0.1) is 0 Å². The molecule has 148 valence electrons. The van der Waals surface area contributed by atoms with Crippen LogP contribution in [0.4, 0.5) is 10.5 Å². The standard InChI is InChI=1S/C19H21ClN4O4/c1-27-15-8-2-12(3-9-15)10-16(18(22)28-17(21)11-25)24-19(26)23-14-6-4-13(20)5-7-14/h2-9,16,21-22,25H,10-11H2,1H3,(H2,23,24,26). The zero-order chi connectivity index (χ0) is 20.5. The molecule has 28 heavy (non-hydrogen) atoms. The summed E-state index contributed by atoms with van der Waals surface area (Å²) >= 11 is 5.83. The van der Waals surface area contributed by atoms with E-state index in [-0.39, 0.29) is 12.3 Å². The highest BCUT2D eigenvalue weighted by Crippen LogP contribution is 2.15. The summed E-state index contributed by atoms with van der Waals surface area (Å²) in [6.07, 6.45) is 0.246. The Bertz CT molecular complexity index is 825. The molecule has 0 aliphatic heterocycles. The van der Waals surface area contributed by atoms with E-state index in [0.717, 1.165) is 5.56 Å². The maximum atomic E-state index is 12.3. The van der Waals surface area contributed by atoms with Crippen LogP contribution in [0.25, 0.3) is 0 Å². The molecule has 0 aliphatic rings. The number of amides is 2. The first kappa shape index (κ1) is 21.2. The molecule has 1 unspecified atom stereocenters. The first-order chi connectivity index (χ1) is 13.4. The van der Waals surface area contributed by atoms with Gasteiger partial charge in [0.2, 0.25) is 11.8 Å². The number of aliphatic hydroxyl groups is 1. The van der Waals surface area contributed by atoms with Crippen molar-refractivity contribution in [3.05, 3.63) is 59.1 Å². The summed E-state index contributed by atoms with van der Waals surface area (Å²) in [7, 11) is 1.56. The lowest BCUT2D eigenvalue weighted by molar-refractivity contribution is 0.249. The predicted molar refractivity (Wildman–Crippen MR) is 108 cm³/mol. The number of benzene rings is 2. The largest absolute Gasteiger partial charge is 0.497 e. The molecule has 1 atom stereocenters. The molecule has 0 heterocycles. The highest BCUT2D eigenvalue weighted by atomic mass is 35.5. The summed E-state index contributed by atoms with van der Waals surface area (Å²) in [6, 6.07) is 12.3. The van der Waals surface area contributed by atoms with Crippen molar-refractivity contribution in [2.45, 2.75) is 12.5 Å². The van der Waals surface area contributed by atoms with Crippen LogP contribution in [0.2, 0.25) is 5.02 Å². The number of aliphatic hydroxyl groups excluding tert-OH is 1. The van der Waals surface area contributed by atoms with Crippen LogP contribution >= 0.6 is 11.6 Å². The summed E-state index contributed by atoms with van der Waals surface area (Å²) in [4.78, 5) is 12.3. The smallest absolute Gasteiger partial charge is 0.319 e. The lowest BCUT2D eigenvalue weighted by atomic mass is 10.1. The second-order valence-electron chi connectivity index (χ2n) is 5.76. The minimum absolute atomic E-state index is 0.246. The van der Waals surface area contributed by atoms with Crippen LogP contribution in [0.5, 0.6) is 5.75 Å². The molecule has 0 fully saturated rings. The van der Waals surface area contributed by atoms with Crippen molar-refractivity contribution >= 4 is 35.1 Å². The van der Waals surface area contributed by atoms with Gasteiger partial charge in [0.15, 0.2) is 0 Å². The minimum atomic E-state index is -0.854. The van der Waals surface area contributed by atoms with Crippen molar-refractivity contribution in [2.75, 3.05) is 19.0 Å². The number of carbonyl (C=O) groups excluding carboxylic acids is 1. The van der Waals surface area contributed by atoms with Gasteiger partial charge in [0.05, 0.1) is 7.11 Å². The Morgan fingerprint density at radius 2 is 1.79 bits per heavy atom. The van der Waals surface area contributed by atoms with Crippen LogP contribution < -0.4 is 15.4 Å². The van der Waals surface area contributed by atoms with Crippen molar-refractivity contribution in [1.29, 1.82) is 10.8 Å². The number of nitrogens with one attached hydrogen (secondary N) is 4. The number of carbonyl (C=O) groups is 1. The van der Waals surface area contributed by atoms with E-state index < -0.39 is 24.6 Å². The molecule has 5 N–H and O–H groups in total. The van der Waals surface area contributed by atoms with E-state index >= 15 is 0 Å². The number of hydrogen-bond acceptors (Lipinski definition) is 6. The van der Waals surface area contributed by atoms with Gasteiger partial charge in [0.25, 0.3) is 0 Å². The van der Waals surface area contributed by atoms with E-state index in [1.807, 2.05) is 0 Å². The molecule has 0 bridgehead atoms. The molecule has 2 aromatic rings. The Morgan fingerprint density at radius 3 is 2.36 bits per heavy atom. The quantitative estimate of drug-likeness (QED) is 0.359. The number of hydrogen-bond donors (Lipinski definition) is 5. The zero-order valence-corrected chi connectivity index (χ0v) is 15.9. The van der Waals surface area contributed by atoms with Crippen LogP contribution in [0.15, 0.2) is 48.5 Å². The fraction of sp³-hybridized carbons (Fsp3) is 0.211. The van der Waals surface area contributed by atoms with E-state index in [4.69, 9.17) is 37.0 Å². The number of urea groups is 1. The molecule has 0 spiro atoms. The molecule has 0 saturated heterocycles. The van der Waals surface area contributed by atoms with Crippen LogP contribution in [0.1, 0.15) is 5.56 Å². The third-order valence-corrected chi connectivity index (χ3v) is 3.95. The molecule has 2 rings (SSSR count). The van der Waals surface area contributed by atoms with Crippen molar-refractivity contribution in [1.82, 2.24) is 5.32 Å². The van der Waals surface area contributed by atoms with Gasteiger partial charge in [-0.2, -0.15) is 0 Å². The van der Waals surface area contributed by atoms with Crippen LogP contribution in [-0.4, -0.2) is 42.7 Å². The van der Waals surface area contributed by atoms with Gasteiger partial charge >= 0.3 is 6.03 Å². The SMILES string of the molecule is COc1ccc(CC(NC(=O)Nc2ccc(Cl)cc2)C(=N)OC(=N)CO)cc1. The normalized spacial score (nSPS) is 11.2. The summed E-state index contributed by atoms with van der Waals surface area (Å²) in [6.45, 7) is -0.644. The lowest BCUT2D eigenvalue weighted by Crippen LogP contribution is -2.45. The van der Waals surface area contributed by atoms with Crippen molar-refractivity contribution in [3.63, 3.8) is 0 Å². The summed E-state index contributed by atoms with van der Waals surface area (Å²) in [5, 5.41) is 30.2. The van der Waals surface area contributed by atoms with E-state index in [9.17, 15) is 4.79 Å². The maximum absolute atomic E-state index is 12.3. The minimum Gasteiger partial charge on any atom is -0.497 e. The maximum Gasteiger partial charge on any atom is 0.319 e. The van der Waals surface area contributed by atoms with Gasteiger partial charge in [0, 0.05) is 17.1 Å². The van der Waals surface area contributed by atoms with Crippen molar-refractivity contribution in [3.8, 4) is 5.75 Å². The molecular formula is C19H21ClN4O4. The lowest BCUT2D eigenvalue weighted by Gasteiger charge is -2.20. The average molecular weight is 405 g/mol. The summed E-state index contributed by atoms with van der Waals surface area (Å²) in [5.41, 5.74) is 1.35. The Labute approximate surface area is 167 Å². The monoisotopic (exact) mass is 404 g/mol. The van der Waals surface area contributed by atoms with Crippen molar-refractivity contribution < 1.29 is 19.4 Å². The van der Waals surface area contributed by atoms with Gasteiger partial charge < -0.3 is 25.2 Å². The predicted octanol–water partition coefficient (Wildman–Crippen LogP) is 3.04. The Balaban J connectivity index is 2.09. The number of anilines is 1. The molecular weight excluding hydrogens is 384 g/mol. The molecule has 9 heteroatoms. The molecule has 0 aliphatic carbocycles. The number of rotatable bonds is 7. The van der Waals surface area contributed by atoms with E-state index in [0.29, 0.717) is 16.5 Å². The Morgan fingerprint density at radius 1 is 1.14 bits per heavy atom. The highest BCUT2D eigenvalue weighted by molar-refractivity contribution is 6.30. The van der Waals surface area contributed by atoms with Crippen molar-refractivity contribution in [2.24, 2.45) is 0 Å². The zero-order valence-electron chi connectivity index (χ0n) is 15.2. The van der Waals surface area contributed by atoms with Gasteiger partial charge in [-0.25, -0.2) is 4.79 Å². The number of halogens is 1. The summed E-state index contributed by atoms with van der Waals surface area (Å²) in [5.74, 6) is -0.159. The third kappa shape index (κ3) is 6.57. The topological polar surface area (TPSA) is 128 Å². The summed E-state index contributed by atoms with van der Waals surface area (Å²) < 4.78 is 10.1. The van der Waals surface area contributed by atoms with Gasteiger partial charge in [-0.1, -0.05) is 23.7 Å². The molecule has 0 radical (unpaired) electrons. The van der Waals surface area contributed by atoms with Crippen LogP contribution in [0.3, 0.4) is 0 Å². The van der Waals surface area contributed by atoms with E-state index in [1.54, 1.807) is 55.6 Å². The Kier molecular flexibility index (Phi) is 7.79. The fourth-order valence-electron chi connectivity index (χ4n) is 2.30. The molecule has 8 nitrogen and oxygen atoms in total. The number of methoxy groups -OCH3 is 1. The second-order valence-corrected chi connectivity index (χ2v) is 6.19. The van der Waals surface area contributed by atoms with E-state index in [1.165, 1.54) is 0 Å². The van der Waals surface area contributed by atoms with Gasteiger partial charge in [-0.05, 0) is 42.0 Å². The van der Waals surface area contributed by atoms with E-state index in [2.05, 4.69) is 10.6 Å². The second kappa shape index (κ2) is 10.3. The van der Waals surface area contributed by atoms with Crippen LogP contribution in [-0.2, 0) is 11.2 Å². The Hall–Kier alpha value is -3.10. The fourth-order valence-corrected chi connectivity index (χ4v) is 2.43. The number of ether oxygens (including phenoxy) is 2. The van der Waals surface area contributed by atoms with Gasteiger partial charge in [-0.3, -0.25) is 10.8 Å². The average Bonchev–Trinajstić information content (AvgIpc) is 2.69. The first-order valence-electron chi connectivity index (χ1n) is 8.32. The molecule has 2 amide bonds. The van der Waals surface area contributed by atoms with Gasteiger partial charge in [0.1, 0.15) is 18.4 Å². The molecule has 2 aromatic carbocycles. The third-order valence-electron chi connectivity index (χ3n) is 3.70. The molecule has 0 saturated carbocycles.